The minimum atomic E-state index is -2.18. The van der Waals surface area contributed by atoms with Gasteiger partial charge in [0.15, 0.2) is 0 Å². The molecule has 0 radical (unpaired) electrons. The summed E-state index contributed by atoms with van der Waals surface area (Å²) < 4.78 is 22.4. The van der Waals surface area contributed by atoms with Crippen molar-refractivity contribution in [3.05, 3.63) is 83.9 Å². The van der Waals surface area contributed by atoms with Crippen LogP contribution in [0.4, 0.5) is 0 Å². The molecular formula is C18H18O3P+. The molecule has 0 aliphatic heterocycles. The van der Waals surface area contributed by atoms with Gasteiger partial charge in [-0.15, -0.1) is 9.05 Å². The minimum absolute atomic E-state index is 0.223. The van der Waals surface area contributed by atoms with Crippen molar-refractivity contribution in [3.63, 3.8) is 0 Å². The Morgan fingerprint density at radius 1 is 0.818 bits per heavy atom. The molecule has 0 unspecified atom stereocenters. The molecule has 0 fully saturated rings. The molecule has 0 aliphatic carbocycles. The van der Waals surface area contributed by atoms with Crippen molar-refractivity contribution >= 4 is 20.4 Å². The van der Waals surface area contributed by atoms with E-state index in [1.807, 2.05) is 48.5 Å². The van der Waals surface area contributed by atoms with E-state index in [0.29, 0.717) is 0 Å². The van der Waals surface area contributed by atoms with Crippen LogP contribution in [0.2, 0.25) is 0 Å². The third-order valence-electron chi connectivity index (χ3n) is 3.20. The van der Waals surface area contributed by atoms with Crippen LogP contribution in [0, 0.1) is 0 Å². The van der Waals surface area contributed by atoms with E-state index in [4.69, 9.17) is 9.05 Å². The standard InChI is InChI=1S/C18H18O3P/c1-3-15-9-5-7-11-17(15)13-20-22(19)21-14-18-12-8-6-10-16(18)4-2/h3-12H,1-2,13-14H2/q+1. The molecule has 0 aliphatic rings. The first-order valence-electron chi connectivity index (χ1n) is 6.88. The van der Waals surface area contributed by atoms with Crippen molar-refractivity contribution in [1.29, 1.82) is 0 Å². The van der Waals surface area contributed by atoms with Gasteiger partial charge in [0.25, 0.3) is 0 Å². The average molecular weight is 313 g/mol. The van der Waals surface area contributed by atoms with Crippen molar-refractivity contribution in [2.45, 2.75) is 13.2 Å². The van der Waals surface area contributed by atoms with Gasteiger partial charge in [0.1, 0.15) is 13.2 Å². The fourth-order valence-corrected chi connectivity index (χ4v) is 2.57. The van der Waals surface area contributed by atoms with Crippen LogP contribution in [0.1, 0.15) is 22.3 Å². The number of hydrogen-bond acceptors (Lipinski definition) is 3. The van der Waals surface area contributed by atoms with Gasteiger partial charge in [-0.05, 0) is 22.3 Å². The maximum absolute atomic E-state index is 11.8. The van der Waals surface area contributed by atoms with Crippen LogP contribution in [0.25, 0.3) is 12.2 Å². The quantitative estimate of drug-likeness (QED) is 0.615. The largest absolute Gasteiger partial charge is 0.698 e. The molecule has 0 bridgehead atoms. The summed E-state index contributed by atoms with van der Waals surface area (Å²) in [7, 11) is -2.18. The van der Waals surface area contributed by atoms with Crippen molar-refractivity contribution in [1.82, 2.24) is 0 Å². The van der Waals surface area contributed by atoms with Crippen LogP contribution in [0.3, 0.4) is 0 Å². The zero-order valence-corrected chi connectivity index (χ0v) is 13.2. The molecule has 0 N–H and O–H groups in total. The van der Waals surface area contributed by atoms with Crippen LogP contribution in [-0.2, 0) is 26.8 Å². The smallest absolute Gasteiger partial charge is 0.114 e. The van der Waals surface area contributed by atoms with Crippen molar-refractivity contribution in [2.75, 3.05) is 0 Å². The summed E-state index contributed by atoms with van der Waals surface area (Å²) >= 11 is 0. The van der Waals surface area contributed by atoms with Crippen LogP contribution >= 0.6 is 8.25 Å². The second-order valence-electron chi connectivity index (χ2n) is 4.58. The van der Waals surface area contributed by atoms with E-state index in [9.17, 15) is 4.57 Å². The van der Waals surface area contributed by atoms with E-state index in [2.05, 4.69) is 13.2 Å². The number of rotatable bonds is 8. The third kappa shape index (κ3) is 4.47. The predicted octanol–water partition coefficient (Wildman–Crippen LogP) is 5.36. The minimum Gasteiger partial charge on any atom is -0.114 e. The lowest BCUT2D eigenvalue weighted by molar-refractivity contribution is 0.212. The second kappa shape index (κ2) is 8.40. The molecule has 2 rings (SSSR count). The van der Waals surface area contributed by atoms with E-state index in [1.54, 1.807) is 12.2 Å². The summed E-state index contributed by atoms with van der Waals surface area (Å²) in [5.74, 6) is 0. The van der Waals surface area contributed by atoms with E-state index in [-0.39, 0.29) is 13.2 Å². The zero-order valence-electron chi connectivity index (χ0n) is 12.3. The SMILES string of the molecule is C=Cc1ccccc1CO[P+](=O)OCc1ccccc1C=C. The first-order chi connectivity index (χ1) is 10.7. The maximum atomic E-state index is 11.8. The Morgan fingerprint density at radius 3 is 1.64 bits per heavy atom. The van der Waals surface area contributed by atoms with Gasteiger partial charge in [0, 0.05) is 4.57 Å². The molecule has 0 saturated heterocycles. The monoisotopic (exact) mass is 313 g/mol. The summed E-state index contributed by atoms with van der Waals surface area (Å²) in [6.07, 6.45) is 3.49. The zero-order chi connectivity index (χ0) is 15.8. The highest BCUT2D eigenvalue weighted by atomic mass is 31.1. The molecule has 2 aromatic carbocycles. The first-order valence-corrected chi connectivity index (χ1v) is 7.98. The summed E-state index contributed by atoms with van der Waals surface area (Å²) in [4.78, 5) is 0. The molecule has 0 saturated carbocycles. The van der Waals surface area contributed by atoms with Gasteiger partial charge < -0.3 is 0 Å². The average Bonchev–Trinajstić information content (AvgIpc) is 2.58. The summed E-state index contributed by atoms with van der Waals surface area (Å²) in [6.45, 7) is 7.93. The van der Waals surface area contributed by atoms with Gasteiger partial charge in [0.2, 0.25) is 0 Å². The van der Waals surface area contributed by atoms with Crippen molar-refractivity contribution < 1.29 is 13.6 Å². The van der Waals surface area contributed by atoms with Crippen LogP contribution in [0.5, 0.6) is 0 Å². The fourth-order valence-electron chi connectivity index (χ4n) is 2.01. The first kappa shape index (κ1) is 16.3. The van der Waals surface area contributed by atoms with Crippen molar-refractivity contribution in [3.8, 4) is 0 Å². The van der Waals surface area contributed by atoms with Crippen molar-refractivity contribution in [2.24, 2.45) is 0 Å². The van der Waals surface area contributed by atoms with E-state index < -0.39 is 8.25 Å². The Morgan fingerprint density at radius 2 is 1.23 bits per heavy atom. The molecule has 0 aromatic heterocycles. The summed E-state index contributed by atoms with van der Waals surface area (Å²) in [5.41, 5.74) is 3.78. The molecule has 2 aromatic rings. The highest BCUT2D eigenvalue weighted by Gasteiger charge is 2.21. The van der Waals surface area contributed by atoms with Crippen LogP contribution in [-0.4, -0.2) is 0 Å². The Kier molecular flexibility index (Phi) is 6.23. The van der Waals surface area contributed by atoms with Gasteiger partial charge in [-0.25, -0.2) is 0 Å². The lowest BCUT2D eigenvalue weighted by Crippen LogP contribution is -1.93. The van der Waals surface area contributed by atoms with Crippen LogP contribution in [0.15, 0.2) is 61.7 Å². The molecule has 0 heterocycles. The molecular weight excluding hydrogens is 295 g/mol. The van der Waals surface area contributed by atoms with Gasteiger partial charge in [-0.1, -0.05) is 73.8 Å². The maximum Gasteiger partial charge on any atom is 0.698 e. The second-order valence-corrected chi connectivity index (χ2v) is 5.54. The van der Waals surface area contributed by atoms with Crippen LogP contribution < -0.4 is 0 Å². The predicted molar refractivity (Wildman–Crippen MR) is 90.3 cm³/mol. The third-order valence-corrected chi connectivity index (χ3v) is 3.88. The molecule has 0 spiro atoms. The van der Waals surface area contributed by atoms with E-state index in [1.165, 1.54) is 0 Å². The Bertz CT molecular complexity index is 622. The van der Waals surface area contributed by atoms with Gasteiger partial charge >= 0.3 is 8.25 Å². The van der Waals surface area contributed by atoms with E-state index in [0.717, 1.165) is 22.3 Å². The normalized spacial score (nSPS) is 10.2. The molecule has 22 heavy (non-hydrogen) atoms. The Labute approximate surface area is 131 Å². The van der Waals surface area contributed by atoms with Gasteiger partial charge in [-0.2, -0.15) is 0 Å². The summed E-state index contributed by atoms with van der Waals surface area (Å²) in [5, 5.41) is 0. The molecule has 4 heteroatoms. The Hall–Kier alpha value is -2.06. The molecule has 0 amide bonds. The lowest BCUT2D eigenvalue weighted by atomic mass is 10.1. The molecule has 0 atom stereocenters. The highest BCUT2D eigenvalue weighted by Crippen LogP contribution is 2.29. The Balaban J connectivity index is 1.88. The molecule has 112 valence electrons. The van der Waals surface area contributed by atoms with Gasteiger partial charge in [0.05, 0.1) is 0 Å². The number of hydrogen-bond donors (Lipinski definition) is 0. The lowest BCUT2D eigenvalue weighted by Gasteiger charge is -2.02. The fraction of sp³-hybridized carbons (Fsp3) is 0.111. The van der Waals surface area contributed by atoms with Gasteiger partial charge in [-0.3, -0.25) is 0 Å². The molecule has 3 nitrogen and oxygen atoms in total. The highest BCUT2D eigenvalue weighted by molar-refractivity contribution is 7.33. The summed E-state index contributed by atoms with van der Waals surface area (Å²) in [6, 6.07) is 15.3. The van der Waals surface area contributed by atoms with E-state index >= 15 is 0 Å². The number of benzene rings is 2. The topological polar surface area (TPSA) is 35.5 Å².